The van der Waals surface area contributed by atoms with Gasteiger partial charge in [-0.3, -0.25) is 0 Å². The second-order valence-electron chi connectivity index (χ2n) is 5.27. The molecular weight excluding hydrogens is 238 g/mol. The fraction of sp³-hybridized carbons (Fsp3) is 0.600. The minimum Gasteiger partial charge on any atom is -0.508 e. The molecule has 108 valence electrons. The van der Waals surface area contributed by atoms with Crippen molar-refractivity contribution < 1.29 is 5.11 Å². The highest BCUT2D eigenvalue weighted by atomic mass is 16.3. The average Bonchev–Trinajstić information content (AvgIpc) is 2.33. The molecule has 0 heterocycles. The third-order valence-corrected chi connectivity index (χ3v) is 3.28. The van der Waals surface area contributed by atoms with Gasteiger partial charge < -0.3 is 20.6 Å². The van der Waals surface area contributed by atoms with Gasteiger partial charge in [0.1, 0.15) is 5.75 Å². The lowest BCUT2D eigenvalue weighted by atomic mass is 10.1. The monoisotopic (exact) mass is 265 g/mol. The van der Waals surface area contributed by atoms with Gasteiger partial charge in [0.25, 0.3) is 0 Å². The molecule has 3 N–H and O–H groups in total. The summed E-state index contributed by atoms with van der Waals surface area (Å²) in [5.74, 6) is 0.290. The molecule has 1 atom stereocenters. The molecule has 0 saturated heterocycles. The van der Waals surface area contributed by atoms with Crippen molar-refractivity contribution in [3.63, 3.8) is 0 Å². The first-order chi connectivity index (χ1) is 8.95. The van der Waals surface area contributed by atoms with E-state index in [9.17, 15) is 5.11 Å². The second-order valence-corrected chi connectivity index (χ2v) is 5.27. The summed E-state index contributed by atoms with van der Waals surface area (Å²) in [5, 5.41) is 10.0. The van der Waals surface area contributed by atoms with Crippen LogP contribution in [-0.4, -0.2) is 43.7 Å². The van der Waals surface area contributed by atoms with Crippen molar-refractivity contribution in [2.45, 2.75) is 26.3 Å². The summed E-state index contributed by atoms with van der Waals surface area (Å²) in [7, 11) is 4.17. The van der Waals surface area contributed by atoms with Crippen LogP contribution in [0, 0.1) is 0 Å². The Labute approximate surface area is 116 Å². The molecule has 0 saturated carbocycles. The van der Waals surface area contributed by atoms with Crippen LogP contribution >= 0.6 is 0 Å². The summed E-state index contributed by atoms with van der Waals surface area (Å²) in [6, 6.07) is 5.64. The molecule has 4 heteroatoms. The molecular formula is C15H27N3O. The highest BCUT2D eigenvalue weighted by molar-refractivity contribution is 5.53. The zero-order chi connectivity index (χ0) is 14.4. The highest BCUT2D eigenvalue weighted by Gasteiger charge is 2.10. The predicted molar refractivity (Wildman–Crippen MR) is 81.8 cm³/mol. The Morgan fingerprint density at radius 1 is 1.26 bits per heavy atom. The zero-order valence-electron chi connectivity index (χ0n) is 12.6. The Morgan fingerprint density at radius 2 is 1.95 bits per heavy atom. The number of phenolic OH excluding ortho intramolecular Hbond substituents is 1. The molecule has 0 aliphatic heterocycles. The van der Waals surface area contributed by atoms with E-state index in [2.05, 4.69) is 30.8 Å². The maximum absolute atomic E-state index is 10.0. The van der Waals surface area contributed by atoms with Crippen LogP contribution in [0.15, 0.2) is 18.2 Å². The standard InChI is InChI=1S/C15H27N3O/c1-5-18(10-6-9-17(3)4)13-7-8-14(12(2)16)15(19)11-13/h7-8,11-12,19H,5-6,9-10,16H2,1-4H3. The van der Waals surface area contributed by atoms with E-state index in [-0.39, 0.29) is 6.04 Å². The first-order valence-electron chi connectivity index (χ1n) is 6.93. The van der Waals surface area contributed by atoms with Gasteiger partial charge in [0, 0.05) is 36.4 Å². The van der Waals surface area contributed by atoms with Gasteiger partial charge in [-0.05, 0) is 47.0 Å². The number of nitrogens with zero attached hydrogens (tertiary/aromatic N) is 2. The third kappa shape index (κ3) is 4.73. The van der Waals surface area contributed by atoms with E-state index in [4.69, 9.17) is 5.73 Å². The van der Waals surface area contributed by atoms with Gasteiger partial charge in [0.05, 0.1) is 0 Å². The van der Waals surface area contributed by atoms with Gasteiger partial charge in [-0.15, -0.1) is 0 Å². The van der Waals surface area contributed by atoms with Crippen LogP contribution in [0.2, 0.25) is 0 Å². The molecule has 1 unspecified atom stereocenters. The molecule has 0 aliphatic rings. The number of benzene rings is 1. The number of anilines is 1. The normalized spacial score (nSPS) is 12.7. The van der Waals surface area contributed by atoms with Crippen LogP contribution in [0.1, 0.15) is 31.9 Å². The lowest BCUT2D eigenvalue weighted by molar-refractivity contribution is 0.400. The zero-order valence-corrected chi connectivity index (χ0v) is 12.6. The van der Waals surface area contributed by atoms with Crippen LogP contribution in [0.4, 0.5) is 5.69 Å². The summed E-state index contributed by atoms with van der Waals surface area (Å²) in [4.78, 5) is 4.46. The number of aromatic hydroxyl groups is 1. The molecule has 1 rings (SSSR count). The Bertz CT molecular complexity index is 391. The number of nitrogens with two attached hydrogens (primary N) is 1. The molecule has 4 nitrogen and oxygen atoms in total. The molecule has 0 amide bonds. The lowest BCUT2D eigenvalue weighted by Crippen LogP contribution is -2.27. The molecule has 0 radical (unpaired) electrons. The molecule has 19 heavy (non-hydrogen) atoms. The quantitative estimate of drug-likeness (QED) is 0.793. The van der Waals surface area contributed by atoms with E-state index in [0.717, 1.165) is 37.3 Å². The predicted octanol–water partition coefficient (Wildman–Crippen LogP) is 2.19. The van der Waals surface area contributed by atoms with E-state index in [0.29, 0.717) is 5.75 Å². The lowest BCUT2D eigenvalue weighted by Gasteiger charge is -2.25. The summed E-state index contributed by atoms with van der Waals surface area (Å²) in [6.45, 7) is 7.01. The fourth-order valence-electron chi connectivity index (χ4n) is 2.16. The van der Waals surface area contributed by atoms with Crippen molar-refractivity contribution in [2.24, 2.45) is 5.73 Å². The minimum absolute atomic E-state index is 0.141. The maximum Gasteiger partial charge on any atom is 0.122 e. The number of phenols is 1. The van der Waals surface area contributed by atoms with E-state index >= 15 is 0 Å². The Kier molecular flexibility index (Phi) is 6.12. The van der Waals surface area contributed by atoms with Gasteiger partial charge in [0.15, 0.2) is 0 Å². The SMILES string of the molecule is CCN(CCCN(C)C)c1ccc(C(C)N)c(O)c1. The number of hydrogen-bond donors (Lipinski definition) is 2. The van der Waals surface area contributed by atoms with E-state index < -0.39 is 0 Å². The first kappa shape index (κ1) is 15.8. The van der Waals surface area contributed by atoms with E-state index in [1.54, 1.807) is 0 Å². The second kappa shape index (κ2) is 7.36. The smallest absolute Gasteiger partial charge is 0.122 e. The summed E-state index contributed by atoms with van der Waals surface area (Å²) in [6.07, 6.45) is 1.11. The molecule has 1 aromatic carbocycles. The van der Waals surface area contributed by atoms with Crippen molar-refractivity contribution in [3.05, 3.63) is 23.8 Å². The average molecular weight is 265 g/mol. The van der Waals surface area contributed by atoms with Crippen molar-refractivity contribution >= 4 is 5.69 Å². The van der Waals surface area contributed by atoms with Crippen molar-refractivity contribution in [1.82, 2.24) is 4.90 Å². The van der Waals surface area contributed by atoms with Crippen LogP contribution in [0.5, 0.6) is 5.75 Å². The van der Waals surface area contributed by atoms with Crippen LogP contribution in [0.3, 0.4) is 0 Å². The first-order valence-corrected chi connectivity index (χ1v) is 6.93. The maximum atomic E-state index is 10.0. The molecule has 0 aromatic heterocycles. The van der Waals surface area contributed by atoms with Gasteiger partial charge in [-0.2, -0.15) is 0 Å². The Hall–Kier alpha value is -1.26. The Balaban J connectivity index is 2.73. The summed E-state index contributed by atoms with van der Waals surface area (Å²) in [5.41, 5.74) is 7.67. The number of rotatable bonds is 7. The van der Waals surface area contributed by atoms with Gasteiger partial charge in [-0.25, -0.2) is 0 Å². The minimum atomic E-state index is -0.141. The molecule has 0 spiro atoms. The summed E-state index contributed by atoms with van der Waals surface area (Å²) < 4.78 is 0. The van der Waals surface area contributed by atoms with Crippen LogP contribution in [0.25, 0.3) is 0 Å². The third-order valence-electron chi connectivity index (χ3n) is 3.28. The molecule has 0 aliphatic carbocycles. The van der Waals surface area contributed by atoms with Gasteiger partial charge in [-0.1, -0.05) is 6.07 Å². The van der Waals surface area contributed by atoms with Crippen molar-refractivity contribution in [1.29, 1.82) is 0 Å². The largest absolute Gasteiger partial charge is 0.508 e. The molecule has 0 fully saturated rings. The van der Waals surface area contributed by atoms with Crippen molar-refractivity contribution in [3.8, 4) is 5.75 Å². The van der Waals surface area contributed by atoms with Gasteiger partial charge in [0.2, 0.25) is 0 Å². The fourth-order valence-corrected chi connectivity index (χ4v) is 2.16. The topological polar surface area (TPSA) is 52.7 Å². The van der Waals surface area contributed by atoms with Crippen LogP contribution in [-0.2, 0) is 0 Å². The van der Waals surface area contributed by atoms with Crippen LogP contribution < -0.4 is 10.6 Å². The van der Waals surface area contributed by atoms with Gasteiger partial charge >= 0.3 is 0 Å². The van der Waals surface area contributed by atoms with E-state index in [1.165, 1.54) is 0 Å². The molecule has 1 aromatic rings. The highest BCUT2D eigenvalue weighted by Crippen LogP contribution is 2.28. The van der Waals surface area contributed by atoms with Crippen molar-refractivity contribution in [2.75, 3.05) is 38.6 Å². The Morgan fingerprint density at radius 3 is 2.42 bits per heavy atom. The number of hydrogen-bond acceptors (Lipinski definition) is 4. The molecule has 0 bridgehead atoms. The summed E-state index contributed by atoms with van der Waals surface area (Å²) >= 11 is 0. The van der Waals surface area contributed by atoms with E-state index in [1.807, 2.05) is 25.1 Å².